The zero-order chi connectivity index (χ0) is 23.0. The number of hydrogen-bond donors (Lipinski definition) is 2. The molecule has 1 aliphatic rings. The Morgan fingerprint density at radius 1 is 0.939 bits per heavy atom. The summed E-state index contributed by atoms with van der Waals surface area (Å²) in [6, 6.07) is 16.9. The average Bonchev–Trinajstić information content (AvgIpc) is 3.35. The van der Waals surface area contributed by atoms with Gasteiger partial charge < -0.3 is 20.3 Å². The topological polar surface area (TPSA) is 95.8 Å². The lowest BCUT2D eigenvalue weighted by Gasteiger charge is -2.36. The number of unbranched alkanes of at least 4 members (excludes halogenated alkanes) is 3. The second-order valence-corrected chi connectivity index (χ2v) is 8.54. The van der Waals surface area contributed by atoms with E-state index in [1.807, 2.05) is 24.3 Å². The largest absolute Gasteiger partial charge is 0.478 e. The molecular weight excluding hydrogens is 416 g/mol. The smallest absolute Gasteiger partial charge is 0.335 e. The Morgan fingerprint density at radius 2 is 1.70 bits per heavy atom. The van der Waals surface area contributed by atoms with Crippen molar-refractivity contribution >= 4 is 11.7 Å². The second-order valence-electron chi connectivity index (χ2n) is 8.54. The van der Waals surface area contributed by atoms with Gasteiger partial charge in [-0.3, -0.25) is 4.90 Å². The number of benzene rings is 2. The van der Waals surface area contributed by atoms with E-state index in [4.69, 9.17) is 10.3 Å². The maximum absolute atomic E-state index is 11.3. The van der Waals surface area contributed by atoms with Crippen molar-refractivity contribution in [3.8, 4) is 22.6 Å². The summed E-state index contributed by atoms with van der Waals surface area (Å²) >= 11 is 0. The van der Waals surface area contributed by atoms with Crippen molar-refractivity contribution in [3.05, 3.63) is 60.2 Å². The van der Waals surface area contributed by atoms with Gasteiger partial charge in [-0.2, -0.15) is 0 Å². The highest BCUT2D eigenvalue weighted by molar-refractivity contribution is 5.89. The molecule has 0 spiro atoms. The quantitative estimate of drug-likeness (QED) is 0.445. The molecule has 0 bridgehead atoms. The Kier molecular flexibility index (Phi) is 7.75. The monoisotopic (exact) mass is 448 g/mol. The van der Waals surface area contributed by atoms with Crippen molar-refractivity contribution in [1.82, 2.24) is 10.1 Å². The van der Waals surface area contributed by atoms with Crippen LogP contribution in [0, 0.1) is 0 Å². The van der Waals surface area contributed by atoms with E-state index < -0.39 is 5.97 Å². The van der Waals surface area contributed by atoms with Gasteiger partial charge in [0.25, 0.3) is 0 Å². The van der Waals surface area contributed by atoms with Gasteiger partial charge in [-0.25, -0.2) is 4.79 Å². The standard InChI is InChI=1S/C26H32N4O3/c27-11-3-1-2-4-12-29-13-15-30(16-14-29)23-10-6-8-21(18-23)25-19-24(28-33-25)20-7-5-9-22(17-20)26(31)32/h5-10,17-19H,1-4,11-16,27H2,(H,31,32). The second kappa shape index (κ2) is 11.1. The van der Waals surface area contributed by atoms with Gasteiger partial charge in [-0.05, 0) is 50.2 Å². The molecule has 2 heterocycles. The van der Waals surface area contributed by atoms with Crippen LogP contribution >= 0.6 is 0 Å². The summed E-state index contributed by atoms with van der Waals surface area (Å²) in [5.41, 5.74) is 9.29. The summed E-state index contributed by atoms with van der Waals surface area (Å²) in [4.78, 5) is 16.2. The van der Waals surface area contributed by atoms with Crippen LogP contribution in [0.25, 0.3) is 22.6 Å². The molecule has 1 saturated heterocycles. The highest BCUT2D eigenvalue weighted by Crippen LogP contribution is 2.29. The molecule has 0 amide bonds. The molecule has 0 aliphatic carbocycles. The summed E-state index contributed by atoms with van der Waals surface area (Å²) < 4.78 is 5.61. The number of piperazine rings is 1. The van der Waals surface area contributed by atoms with Crippen LogP contribution in [0.5, 0.6) is 0 Å². The Balaban J connectivity index is 1.37. The molecule has 174 valence electrons. The predicted molar refractivity (Wildman–Crippen MR) is 131 cm³/mol. The fraction of sp³-hybridized carbons (Fsp3) is 0.385. The molecule has 1 aliphatic heterocycles. The summed E-state index contributed by atoms with van der Waals surface area (Å²) in [6.45, 7) is 6.14. The van der Waals surface area contributed by atoms with Crippen LogP contribution in [0.1, 0.15) is 36.0 Å². The van der Waals surface area contributed by atoms with E-state index in [-0.39, 0.29) is 5.56 Å². The minimum absolute atomic E-state index is 0.230. The van der Waals surface area contributed by atoms with E-state index in [0.717, 1.165) is 50.3 Å². The summed E-state index contributed by atoms with van der Waals surface area (Å²) in [5.74, 6) is -0.288. The van der Waals surface area contributed by atoms with Crippen molar-refractivity contribution in [2.45, 2.75) is 25.7 Å². The molecule has 1 fully saturated rings. The SMILES string of the molecule is NCCCCCCN1CCN(c2cccc(-c3cc(-c4cccc(C(=O)O)c4)no3)c2)CC1. The predicted octanol–water partition coefficient (Wildman–Crippen LogP) is 4.35. The lowest BCUT2D eigenvalue weighted by atomic mass is 10.1. The van der Waals surface area contributed by atoms with Crippen LogP contribution in [0.15, 0.2) is 59.1 Å². The van der Waals surface area contributed by atoms with Crippen LogP contribution in [-0.4, -0.2) is 60.4 Å². The van der Waals surface area contributed by atoms with Crippen LogP contribution in [-0.2, 0) is 0 Å². The molecule has 0 atom stereocenters. The zero-order valence-electron chi connectivity index (χ0n) is 18.9. The number of carboxylic acid groups (broad SMARTS) is 1. The molecule has 7 nitrogen and oxygen atoms in total. The summed E-state index contributed by atoms with van der Waals surface area (Å²) in [5, 5.41) is 13.4. The molecule has 33 heavy (non-hydrogen) atoms. The maximum atomic E-state index is 11.3. The van der Waals surface area contributed by atoms with Crippen molar-refractivity contribution in [2.24, 2.45) is 5.73 Å². The van der Waals surface area contributed by atoms with E-state index in [2.05, 4.69) is 27.1 Å². The van der Waals surface area contributed by atoms with E-state index in [1.54, 1.807) is 18.2 Å². The number of nitrogens with two attached hydrogens (primary N) is 1. The Hall–Kier alpha value is -3.16. The molecule has 3 N–H and O–H groups in total. The molecular formula is C26H32N4O3. The van der Waals surface area contributed by atoms with E-state index in [9.17, 15) is 9.90 Å². The Bertz CT molecular complexity index is 1060. The number of aromatic carboxylic acids is 1. The molecule has 0 saturated carbocycles. The van der Waals surface area contributed by atoms with Crippen LogP contribution in [0.3, 0.4) is 0 Å². The highest BCUT2D eigenvalue weighted by atomic mass is 16.5. The van der Waals surface area contributed by atoms with Gasteiger partial charge in [0.05, 0.1) is 5.56 Å². The van der Waals surface area contributed by atoms with Crippen LogP contribution in [0.2, 0.25) is 0 Å². The normalized spacial score (nSPS) is 14.5. The zero-order valence-corrected chi connectivity index (χ0v) is 18.9. The molecule has 4 rings (SSSR count). The first-order valence-corrected chi connectivity index (χ1v) is 11.7. The van der Waals surface area contributed by atoms with Crippen LogP contribution in [0.4, 0.5) is 5.69 Å². The number of aromatic nitrogens is 1. The molecule has 0 unspecified atom stereocenters. The number of carbonyl (C=O) groups is 1. The Morgan fingerprint density at radius 3 is 2.48 bits per heavy atom. The van der Waals surface area contributed by atoms with E-state index in [1.165, 1.54) is 31.5 Å². The lowest BCUT2D eigenvalue weighted by Crippen LogP contribution is -2.46. The average molecular weight is 449 g/mol. The fourth-order valence-electron chi connectivity index (χ4n) is 4.28. The minimum Gasteiger partial charge on any atom is -0.478 e. The number of hydrogen-bond acceptors (Lipinski definition) is 6. The lowest BCUT2D eigenvalue weighted by molar-refractivity contribution is 0.0697. The third-order valence-electron chi connectivity index (χ3n) is 6.21. The minimum atomic E-state index is -0.958. The maximum Gasteiger partial charge on any atom is 0.335 e. The van der Waals surface area contributed by atoms with Crippen molar-refractivity contribution in [1.29, 1.82) is 0 Å². The van der Waals surface area contributed by atoms with Gasteiger partial charge >= 0.3 is 5.97 Å². The number of anilines is 1. The first-order chi connectivity index (χ1) is 16.1. The fourth-order valence-corrected chi connectivity index (χ4v) is 4.28. The van der Waals surface area contributed by atoms with Crippen molar-refractivity contribution < 1.29 is 14.4 Å². The third kappa shape index (κ3) is 6.00. The van der Waals surface area contributed by atoms with Crippen molar-refractivity contribution in [3.63, 3.8) is 0 Å². The molecule has 7 heteroatoms. The van der Waals surface area contributed by atoms with Gasteiger partial charge in [0, 0.05) is 49.1 Å². The van der Waals surface area contributed by atoms with Crippen LogP contribution < -0.4 is 10.6 Å². The van der Waals surface area contributed by atoms with Gasteiger partial charge in [-0.15, -0.1) is 0 Å². The van der Waals surface area contributed by atoms with Gasteiger partial charge in [0.15, 0.2) is 5.76 Å². The van der Waals surface area contributed by atoms with E-state index >= 15 is 0 Å². The summed E-state index contributed by atoms with van der Waals surface area (Å²) in [7, 11) is 0. The number of rotatable bonds is 10. The molecule has 0 radical (unpaired) electrons. The van der Waals surface area contributed by atoms with Gasteiger partial charge in [-0.1, -0.05) is 42.3 Å². The summed E-state index contributed by atoms with van der Waals surface area (Å²) in [6.07, 6.45) is 4.88. The molecule has 1 aromatic heterocycles. The third-order valence-corrected chi connectivity index (χ3v) is 6.21. The molecule has 3 aromatic rings. The first kappa shape index (κ1) is 23.0. The highest BCUT2D eigenvalue weighted by Gasteiger charge is 2.18. The van der Waals surface area contributed by atoms with Crippen molar-refractivity contribution in [2.75, 3.05) is 44.2 Å². The van der Waals surface area contributed by atoms with E-state index in [0.29, 0.717) is 11.5 Å². The number of nitrogens with zero attached hydrogens (tertiary/aromatic N) is 3. The van der Waals surface area contributed by atoms with Gasteiger partial charge in [0.1, 0.15) is 5.69 Å². The number of carboxylic acids is 1. The first-order valence-electron chi connectivity index (χ1n) is 11.7. The molecule has 2 aromatic carbocycles. The van der Waals surface area contributed by atoms with Gasteiger partial charge in [0.2, 0.25) is 0 Å². The Labute approximate surface area is 194 Å².